The molecule has 2 aromatic heterocycles. The summed E-state index contributed by atoms with van der Waals surface area (Å²) in [5.41, 5.74) is 5.90. The van der Waals surface area contributed by atoms with E-state index in [1.165, 1.54) is 21.9 Å². The molecule has 0 amide bonds. The zero-order chi connectivity index (χ0) is 20.5. The molecule has 5 aromatic rings. The van der Waals surface area contributed by atoms with E-state index in [1.54, 1.807) is 7.11 Å². The molecule has 0 aliphatic carbocycles. The van der Waals surface area contributed by atoms with E-state index in [0.717, 1.165) is 28.1 Å². The molecule has 2 heterocycles. The summed E-state index contributed by atoms with van der Waals surface area (Å²) in [6.07, 6.45) is 4.25. The number of aromatic nitrogens is 2. The Kier molecular flexibility index (Phi) is 4.68. The van der Waals surface area contributed by atoms with Crippen LogP contribution in [0, 0.1) is 0 Å². The normalized spacial score (nSPS) is 11.4. The fourth-order valence-electron chi connectivity index (χ4n) is 4.33. The van der Waals surface area contributed by atoms with Crippen LogP contribution in [0.2, 0.25) is 0 Å². The second-order valence-electron chi connectivity index (χ2n) is 7.36. The van der Waals surface area contributed by atoms with Crippen LogP contribution >= 0.6 is 0 Å². The number of methoxy groups -OCH3 is 1. The number of H-pyrrole nitrogens is 2. The van der Waals surface area contributed by atoms with E-state index < -0.39 is 0 Å². The van der Waals surface area contributed by atoms with E-state index >= 15 is 0 Å². The molecule has 0 spiro atoms. The number of benzene rings is 3. The Morgan fingerprint density at radius 1 is 0.767 bits per heavy atom. The molecule has 0 saturated heterocycles. The lowest BCUT2D eigenvalue weighted by molar-refractivity contribution is 0.310. The van der Waals surface area contributed by atoms with Crippen LogP contribution < -0.4 is 9.47 Å². The molecule has 2 N–H and O–H groups in total. The molecule has 30 heavy (non-hydrogen) atoms. The molecule has 3 aromatic carbocycles. The minimum absolute atomic E-state index is 0.0434. The van der Waals surface area contributed by atoms with Gasteiger partial charge in [0.1, 0.15) is 0 Å². The van der Waals surface area contributed by atoms with Gasteiger partial charge in [0, 0.05) is 40.1 Å². The second-order valence-corrected chi connectivity index (χ2v) is 7.36. The van der Waals surface area contributed by atoms with Crippen molar-refractivity contribution < 1.29 is 9.47 Å². The molecule has 4 heteroatoms. The average Bonchev–Trinajstić information content (AvgIpc) is 3.40. The highest BCUT2D eigenvalue weighted by molar-refractivity contribution is 5.89. The van der Waals surface area contributed by atoms with Gasteiger partial charge in [-0.3, -0.25) is 0 Å². The lowest BCUT2D eigenvalue weighted by Gasteiger charge is -2.19. The van der Waals surface area contributed by atoms with Crippen LogP contribution in [0.3, 0.4) is 0 Å². The maximum absolute atomic E-state index is 5.75. The Hall–Kier alpha value is -3.66. The molecule has 4 nitrogen and oxygen atoms in total. The van der Waals surface area contributed by atoms with Crippen molar-refractivity contribution in [3.05, 3.63) is 95.8 Å². The molecular weight excluding hydrogens is 372 g/mol. The number of hydrogen-bond donors (Lipinski definition) is 2. The zero-order valence-corrected chi connectivity index (χ0v) is 17.1. The second kappa shape index (κ2) is 7.64. The van der Waals surface area contributed by atoms with E-state index in [0.29, 0.717) is 6.61 Å². The van der Waals surface area contributed by atoms with Crippen LogP contribution in [-0.4, -0.2) is 23.7 Å². The van der Waals surface area contributed by atoms with Gasteiger partial charge in [0.25, 0.3) is 0 Å². The predicted molar refractivity (Wildman–Crippen MR) is 122 cm³/mol. The third kappa shape index (κ3) is 3.01. The van der Waals surface area contributed by atoms with E-state index in [9.17, 15) is 0 Å². The summed E-state index contributed by atoms with van der Waals surface area (Å²) in [6, 6.07) is 23.1. The monoisotopic (exact) mass is 396 g/mol. The molecule has 0 radical (unpaired) electrons. The SMILES string of the molecule is CCOc1ccc(C(c2c[nH]c3ccccc23)c2c[nH]c3ccccc23)cc1OC. The van der Waals surface area contributed by atoms with Crippen LogP contribution in [0.25, 0.3) is 21.8 Å². The maximum Gasteiger partial charge on any atom is 0.161 e. The van der Waals surface area contributed by atoms with Gasteiger partial charge in [-0.15, -0.1) is 0 Å². The molecular formula is C26H24N2O2. The van der Waals surface area contributed by atoms with Crippen LogP contribution in [0.1, 0.15) is 29.5 Å². The van der Waals surface area contributed by atoms with Crippen LogP contribution in [0.4, 0.5) is 0 Å². The highest BCUT2D eigenvalue weighted by Crippen LogP contribution is 2.41. The summed E-state index contributed by atoms with van der Waals surface area (Å²) in [5.74, 6) is 1.56. The molecule has 0 aliphatic heterocycles. The van der Waals surface area contributed by atoms with Crippen molar-refractivity contribution in [2.75, 3.05) is 13.7 Å². The minimum atomic E-state index is 0.0434. The maximum atomic E-state index is 5.75. The number of rotatable bonds is 6. The van der Waals surface area contributed by atoms with Crippen LogP contribution in [-0.2, 0) is 0 Å². The third-order valence-corrected chi connectivity index (χ3v) is 5.69. The molecule has 0 bridgehead atoms. The molecule has 0 aliphatic rings. The predicted octanol–water partition coefficient (Wildman–Crippen LogP) is 6.24. The van der Waals surface area contributed by atoms with Gasteiger partial charge in [-0.2, -0.15) is 0 Å². The smallest absolute Gasteiger partial charge is 0.161 e. The van der Waals surface area contributed by atoms with Crippen molar-refractivity contribution in [1.29, 1.82) is 0 Å². The van der Waals surface area contributed by atoms with E-state index in [1.807, 2.05) is 13.0 Å². The van der Waals surface area contributed by atoms with E-state index in [-0.39, 0.29) is 5.92 Å². The highest BCUT2D eigenvalue weighted by atomic mass is 16.5. The van der Waals surface area contributed by atoms with Crippen molar-refractivity contribution in [1.82, 2.24) is 9.97 Å². The van der Waals surface area contributed by atoms with Crippen molar-refractivity contribution in [2.45, 2.75) is 12.8 Å². The zero-order valence-electron chi connectivity index (χ0n) is 17.1. The summed E-state index contributed by atoms with van der Waals surface area (Å²) >= 11 is 0. The fraction of sp³-hybridized carbons (Fsp3) is 0.154. The first-order valence-electron chi connectivity index (χ1n) is 10.2. The van der Waals surface area contributed by atoms with Crippen molar-refractivity contribution >= 4 is 21.8 Å². The summed E-state index contributed by atoms with van der Waals surface area (Å²) < 4.78 is 11.4. The van der Waals surface area contributed by atoms with Crippen molar-refractivity contribution in [3.63, 3.8) is 0 Å². The Morgan fingerprint density at radius 3 is 1.93 bits per heavy atom. The Bertz CT molecular complexity index is 1240. The van der Waals surface area contributed by atoms with Crippen LogP contribution in [0.5, 0.6) is 11.5 Å². The fourth-order valence-corrected chi connectivity index (χ4v) is 4.33. The lowest BCUT2D eigenvalue weighted by atomic mass is 9.84. The van der Waals surface area contributed by atoms with E-state index in [2.05, 4.69) is 83.0 Å². The van der Waals surface area contributed by atoms with Crippen molar-refractivity contribution in [2.24, 2.45) is 0 Å². The van der Waals surface area contributed by atoms with Gasteiger partial charge in [0.15, 0.2) is 11.5 Å². The first-order valence-corrected chi connectivity index (χ1v) is 10.2. The standard InChI is InChI=1S/C26H24N2O2/c1-3-30-24-13-12-17(14-25(24)29-2)26(20-15-27-22-10-6-4-8-18(20)22)21-16-28-23-11-7-5-9-19(21)23/h4-16,26-28H,3H2,1-2H3. The van der Waals surface area contributed by atoms with Gasteiger partial charge in [0.05, 0.1) is 13.7 Å². The number of aromatic amines is 2. The summed E-state index contributed by atoms with van der Waals surface area (Å²) in [6.45, 7) is 2.58. The topological polar surface area (TPSA) is 50.0 Å². The number of fused-ring (bicyclic) bond motifs is 2. The van der Waals surface area contributed by atoms with Gasteiger partial charge >= 0.3 is 0 Å². The Labute approximate surface area is 175 Å². The van der Waals surface area contributed by atoms with Gasteiger partial charge in [-0.25, -0.2) is 0 Å². The van der Waals surface area contributed by atoms with E-state index in [4.69, 9.17) is 9.47 Å². The van der Waals surface area contributed by atoms with Gasteiger partial charge in [-0.1, -0.05) is 42.5 Å². The van der Waals surface area contributed by atoms with Gasteiger partial charge in [-0.05, 0) is 47.9 Å². The molecule has 0 saturated carbocycles. The number of ether oxygens (including phenoxy) is 2. The minimum Gasteiger partial charge on any atom is -0.493 e. The first-order chi connectivity index (χ1) is 14.8. The highest BCUT2D eigenvalue weighted by Gasteiger charge is 2.24. The summed E-state index contributed by atoms with van der Waals surface area (Å²) in [5, 5.41) is 2.45. The number of hydrogen-bond acceptors (Lipinski definition) is 2. The summed E-state index contributed by atoms with van der Waals surface area (Å²) in [7, 11) is 1.69. The van der Waals surface area contributed by atoms with Gasteiger partial charge < -0.3 is 19.4 Å². The van der Waals surface area contributed by atoms with Gasteiger partial charge in [0.2, 0.25) is 0 Å². The quantitative estimate of drug-likeness (QED) is 0.357. The largest absolute Gasteiger partial charge is 0.493 e. The molecule has 5 rings (SSSR count). The number of nitrogens with one attached hydrogen (secondary N) is 2. The summed E-state index contributed by atoms with van der Waals surface area (Å²) in [4.78, 5) is 6.89. The first kappa shape index (κ1) is 18.4. The number of para-hydroxylation sites is 2. The average molecular weight is 396 g/mol. The molecule has 0 atom stereocenters. The van der Waals surface area contributed by atoms with Crippen molar-refractivity contribution in [3.8, 4) is 11.5 Å². The molecule has 0 fully saturated rings. The third-order valence-electron chi connectivity index (χ3n) is 5.69. The molecule has 0 unspecified atom stereocenters. The molecule has 150 valence electrons. The Morgan fingerprint density at radius 2 is 1.37 bits per heavy atom. The van der Waals surface area contributed by atoms with Crippen LogP contribution in [0.15, 0.2) is 79.1 Å². The Balaban J connectivity index is 1.75. The lowest BCUT2D eigenvalue weighted by Crippen LogP contribution is -2.04.